The van der Waals surface area contributed by atoms with Crippen molar-refractivity contribution in [2.75, 3.05) is 31.0 Å². The Morgan fingerprint density at radius 2 is 1.61 bits per heavy atom. The third-order valence-corrected chi connectivity index (χ3v) is 7.46. The fourth-order valence-electron chi connectivity index (χ4n) is 3.31. The summed E-state index contributed by atoms with van der Waals surface area (Å²) < 4.78 is 33.7. The van der Waals surface area contributed by atoms with Gasteiger partial charge in [0.2, 0.25) is 5.91 Å². The van der Waals surface area contributed by atoms with E-state index in [1.807, 2.05) is 12.1 Å². The van der Waals surface area contributed by atoms with E-state index in [2.05, 4.69) is 4.72 Å². The summed E-state index contributed by atoms with van der Waals surface area (Å²) in [5, 5.41) is 4.16. The SMILES string of the molecule is O=C(Cc1cscc1NS(=O)(=O)c1ccc(-c2ccc(Cl)cc2)cc1)N1CCOCC1. The van der Waals surface area contributed by atoms with Crippen molar-refractivity contribution in [3.05, 3.63) is 69.9 Å². The van der Waals surface area contributed by atoms with Gasteiger partial charge in [-0.05, 0) is 46.3 Å². The predicted molar refractivity (Wildman–Crippen MR) is 123 cm³/mol. The zero-order valence-corrected chi connectivity index (χ0v) is 19.0. The first-order valence-corrected chi connectivity index (χ1v) is 12.5. The number of amides is 1. The topological polar surface area (TPSA) is 75.7 Å². The van der Waals surface area contributed by atoms with Crippen molar-refractivity contribution in [2.45, 2.75) is 11.3 Å². The number of carbonyl (C=O) groups excluding carboxylic acids is 1. The van der Waals surface area contributed by atoms with Crippen molar-refractivity contribution < 1.29 is 17.9 Å². The first kappa shape index (κ1) is 21.8. The Bertz CT molecular complexity index is 1150. The van der Waals surface area contributed by atoms with Crippen molar-refractivity contribution in [2.24, 2.45) is 0 Å². The molecule has 6 nitrogen and oxygen atoms in total. The number of hydrogen-bond donors (Lipinski definition) is 1. The smallest absolute Gasteiger partial charge is 0.261 e. The van der Waals surface area contributed by atoms with Gasteiger partial charge in [0, 0.05) is 23.5 Å². The molecule has 9 heteroatoms. The van der Waals surface area contributed by atoms with Crippen molar-refractivity contribution in [1.29, 1.82) is 0 Å². The lowest BCUT2D eigenvalue weighted by molar-refractivity contribution is -0.134. The summed E-state index contributed by atoms with van der Waals surface area (Å²) in [7, 11) is -3.78. The maximum atomic E-state index is 12.9. The van der Waals surface area contributed by atoms with Crippen LogP contribution in [-0.4, -0.2) is 45.5 Å². The molecule has 162 valence electrons. The second kappa shape index (κ2) is 9.40. The number of nitrogens with one attached hydrogen (secondary N) is 1. The van der Waals surface area contributed by atoms with Gasteiger partial charge >= 0.3 is 0 Å². The van der Waals surface area contributed by atoms with Gasteiger partial charge in [-0.25, -0.2) is 8.42 Å². The average Bonchev–Trinajstić information content (AvgIpc) is 3.20. The molecule has 1 N–H and O–H groups in total. The maximum Gasteiger partial charge on any atom is 0.261 e. The van der Waals surface area contributed by atoms with Crippen LogP contribution in [-0.2, 0) is 26.0 Å². The molecule has 0 aliphatic carbocycles. The van der Waals surface area contributed by atoms with Crippen LogP contribution in [0.15, 0.2) is 64.2 Å². The van der Waals surface area contributed by atoms with E-state index in [9.17, 15) is 13.2 Å². The van der Waals surface area contributed by atoms with Crippen molar-refractivity contribution in [1.82, 2.24) is 4.90 Å². The molecule has 2 aromatic carbocycles. The van der Waals surface area contributed by atoms with E-state index in [0.717, 1.165) is 11.1 Å². The second-order valence-electron chi connectivity index (χ2n) is 7.12. The van der Waals surface area contributed by atoms with Crippen molar-refractivity contribution in [3.8, 4) is 11.1 Å². The van der Waals surface area contributed by atoms with Crippen LogP contribution in [0.4, 0.5) is 5.69 Å². The van der Waals surface area contributed by atoms with E-state index < -0.39 is 10.0 Å². The Hall–Kier alpha value is -2.39. The fourth-order valence-corrected chi connectivity index (χ4v) is 5.39. The average molecular weight is 477 g/mol. The van der Waals surface area contributed by atoms with Gasteiger partial charge in [0.25, 0.3) is 10.0 Å². The Kier molecular flexibility index (Phi) is 6.62. The van der Waals surface area contributed by atoms with Crippen LogP contribution in [0.1, 0.15) is 5.56 Å². The Morgan fingerprint density at radius 3 is 2.26 bits per heavy atom. The molecule has 0 spiro atoms. The minimum atomic E-state index is -3.78. The molecule has 1 aliphatic rings. The third-order valence-electron chi connectivity index (χ3n) is 5.03. The van der Waals surface area contributed by atoms with Gasteiger partial charge in [0.15, 0.2) is 0 Å². The van der Waals surface area contributed by atoms with E-state index in [-0.39, 0.29) is 17.2 Å². The molecule has 1 aromatic heterocycles. The monoisotopic (exact) mass is 476 g/mol. The number of carbonyl (C=O) groups is 1. The predicted octanol–water partition coefficient (Wildman–Crippen LogP) is 4.27. The number of sulfonamides is 1. The summed E-state index contributed by atoms with van der Waals surface area (Å²) in [5.74, 6) is -0.0329. The maximum absolute atomic E-state index is 12.9. The van der Waals surface area contributed by atoms with Gasteiger partial charge in [-0.3, -0.25) is 9.52 Å². The summed E-state index contributed by atoms with van der Waals surface area (Å²) in [5.41, 5.74) is 2.95. The molecular formula is C22H21ClN2O4S2. The molecule has 1 fully saturated rings. The summed E-state index contributed by atoms with van der Waals surface area (Å²) in [4.78, 5) is 14.4. The van der Waals surface area contributed by atoms with Gasteiger partial charge in [0.1, 0.15) is 0 Å². The molecule has 4 rings (SSSR count). The number of hydrogen-bond acceptors (Lipinski definition) is 5. The first-order valence-electron chi connectivity index (χ1n) is 9.72. The van der Waals surface area contributed by atoms with Crippen LogP contribution in [0.2, 0.25) is 5.02 Å². The minimum Gasteiger partial charge on any atom is -0.378 e. The van der Waals surface area contributed by atoms with Crippen molar-refractivity contribution in [3.63, 3.8) is 0 Å². The molecule has 1 amide bonds. The molecule has 1 aliphatic heterocycles. The number of anilines is 1. The van der Waals surface area contributed by atoms with Crippen LogP contribution >= 0.6 is 22.9 Å². The van der Waals surface area contributed by atoms with Gasteiger partial charge in [-0.1, -0.05) is 35.9 Å². The van der Waals surface area contributed by atoms with Gasteiger partial charge in [-0.2, -0.15) is 0 Å². The molecule has 0 saturated carbocycles. The number of nitrogens with zero attached hydrogens (tertiary/aromatic N) is 1. The summed E-state index contributed by atoms with van der Waals surface area (Å²) in [6.07, 6.45) is 0.150. The molecule has 0 radical (unpaired) electrons. The Labute approximate surface area is 190 Å². The van der Waals surface area contributed by atoms with Crippen LogP contribution in [0.25, 0.3) is 11.1 Å². The summed E-state index contributed by atoms with van der Waals surface area (Å²) >= 11 is 7.28. The summed E-state index contributed by atoms with van der Waals surface area (Å²) in [6, 6.07) is 14.0. The number of thiophene rings is 1. The van der Waals surface area contributed by atoms with Crippen LogP contribution in [0.5, 0.6) is 0 Å². The van der Waals surface area contributed by atoms with Crippen LogP contribution in [0, 0.1) is 0 Å². The highest BCUT2D eigenvalue weighted by Crippen LogP contribution is 2.27. The number of benzene rings is 2. The molecule has 1 saturated heterocycles. The van der Waals surface area contributed by atoms with E-state index in [4.69, 9.17) is 16.3 Å². The zero-order chi connectivity index (χ0) is 21.8. The molecule has 0 atom stereocenters. The highest BCUT2D eigenvalue weighted by molar-refractivity contribution is 7.92. The Morgan fingerprint density at radius 1 is 1.00 bits per heavy atom. The van der Waals surface area contributed by atoms with Crippen LogP contribution in [0.3, 0.4) is 0 Å². The number of ether oxygens (including phenoxy) is 1. The number of morpholine rings is 1. The lowest BCUT2D eigenvalue weighted by atomic mass is 10.1. The largest absolute Gasteiger partial charge is 0.378 e. The molecule has 0 unspecified atom stereocenters. The van der Waals surface area contributed by atoms with E-state index in [0.29, 0.717) is 42.6 Å². The second-order valence-corrected chi connectivity index (χ2v) is 9.98. The van der Waals surface area contributed by atoms with Crippen molar-refractivity contribution >= 4 is 44.6 Å². The Balaban J connectivity index is 1.47. The molecule has 2 heterocycles. The van der Waals surface area contributed by atoms with E-state index in [1.54, 1.807) is 52.1 Å². The van der Waals surface area contributed by atoms with Crippen LogP contribution < -0.4 is 4.72 Å². The molecule has 31 heavy (non-hydrogen) atoms. The normalized spacial score (nSPS) is 14.4. The zero-order valence-electron chi connectivity index (χ0n) is 16.6. The molecule has 3 aromatic rings. The fraction of sp³-hybridized carbons (Fsp3) is 0.227. The number of rotatable bonds is 6. The first-order chi connectivity index (χ1) is 14.9. The van der Waals surface area contributed by atoms with Gasteiger partial charge < -0.3 is 9.64 Å². The number of halogens is 1. The standard InChI is InChI=1S/C22H21ClN2O4S2/c23-19-5-1-16(2-6-19)17-3-7-20(8-4-17)31(27,28)24-21-15-30-14-18(21)13-22(26)25-9-11-29-12-10-25/h1-8,14-15,24H,9-13H2. The third kappa shape index (κ3) is 5.27. The minimum absolute atomic E-state index is 0.0329. The quantitative estimate of drug-likeness (QED) is 0.576. The van der Waals surface area contributed by atoms with E-state index >= 15 is 0 Å². The van der Waals surface area contributed by atoms with Gasteiger partial charge in [0.05, 0.1) is 30.2 Å². The lowest BCUT2D eigenvalue weighted by Crippen LogP contribution is -2.41. The molecule has 0 bridgehead atoms. The highest BCUT2D eigenvalue weighted by atomic mass is 35.5. The highest BCUT2D eigenvalue weighted by Gasteiger charge is 2.21. The molecular weight excluding hydrogens is 456 g/mol. The van der Waals surface area contributed by atoms with E-state index in [1.165, 1.54) is 11.3 Å². The van der Waals surface area contributed by atoms with Gasteiger partial charge in [-0.15, -0.1) is 11.3 Å². The lowest BCUT2D eigenvalue weighted by Gasteiger charge is -2.26. The summed E-state index contributed by atoms with van der Waals surface area (Å²) in [6.45, 7) is 2.18.